The Morgan fingerprint density at radius 1 is 1.71 bits per heavy atom. The van der Waals surface area contributed by atoms with Gasteiger partial charge in [0.15, 0.2) is 0 Å². The number of rotatable bonds is 4. The zero-order chi connectivity index (χ0) is 5.54. The summed E-state index contributed by atoms with van der Waals surface area (Å²) in [4.78, 5) is 0. The summed E-state index contributed by atoms with van der Waals surface area (Å²) in [5, 5.41) is 0. The lowest BCUT2D eigenvalue weighted by atomic mass is 10.5. The number of nitrogens with one attached hydrogen (secondary N) is 1. The van der Waals surface area contributed by atoms with Crippen molar-refractivity contribution in [1.82, 2.24) is 5.43 Å². The number of hydrazine groups is 1. The zero-order valence-electron chi connectivity index (χ0n) is 4.61. The lowest BCUT2D eigenvalue weighted by Crippen LogP contribution is -2.25. The van der Waals surface area contributed by atoms with Crippen LogP contribution in [0, 0.1) is 0 Å². The van der Waals surface area contributed by atoms with Crippen LogP contribution in [-0.2, 0) is 4.74 Å². The van der Waals surface area contributed by atoms with E-state index in [0.717, 1.165) is 13.0 Å². The lowest BCUT2D eigenvalue weighted by molar-refractivity contribution is 0.117. The summed E-state index contributed by atoms with van der Waals surface area (Å²) in [5.74, 6) is 4.89. The van der Waals surface area contributed by atoms with Gasteiger partial charge >= 0.3 is 0 Å². The fraction of sp³-hybridized carbons (Fsp3) is 1.00. The van der Waals surface area contributed by atoms with Gasteiger partial charge in [-0.2, -0.15) is 0 Å². The molecule has 0 aromatic rings. The molecule has 0 atom stereocenters. The minimum Gasteiger partial charge on any atom is -0.365 e. The summed E-state index contributed by atoms with van der Waals surface area (Å²) in [7, 11) is 0. The monoisotopic (exact) mass is 104 g/mol. The molecule has 0 bridgehead atoms. The minimum absolute atomic E-state index is 0.452. The molecule has 0 spiro atoms. The molecule has 3 heteroatoms. The van der Waals surface area contributed by atoms with E-state index < -0.39 is 0 Å². The molecule has 0 saturated heterocycles. The van der Waals surface area contributed by atoms with Gasteiger partial charge < -0.3 is 4.74 Å². The summed E-state index contributed by atoms with van der Waals surface area (Å²) < 4.78 is 4.90. The van der Waals surface area contributed by atoms with Crippen LogP contribution in [0.4, 0.5) is 0 Å². The van der Waals surface area contributed by atoms with E-state index in [1.165, 1.54) is 0 Å². The van der Waals surface area contributed by atoms with E-state index in [-0.39, 0.29) is 0 Å². The summed E-state index contributed by atoms with van der Waals surface area (Å²) in [6, 6.07) is 0. The fourth-order valence-corrected chi connectivity index (χ4v) is 0.275. The second-order valence-corrected chi connectivity index (χ2v) is 1.26. The summed E-state index contributed by atoms with van der Waals surface area (Å²) in [6.45, 7) is 3.29. The Hall–Kier alpha value is -0.120. The third-order valence-electron chi connectivity index (χ3n) is 0.534. The first-order valence-corrected chi connectivity index (χ1v) is 2.43. The minimum atomic E-state index is 0.452. The van der Waals surface area contributed by atoms with Crippen LogP contribution in [0.15, 0.2) is 0 Å². The molecule has 0 aromatic carbocycles. The van der Waals surface area contributed by atoms with E-state index in [1.54, 1.807) is 0 Å². The Labute approximate surface area is 43.8 Å². The molecular weight excluding hydrogens is 92.1 g/mol. The van der Waals surface area contributed by atoms with Gasteiger partial charge in [0.25, 0.3) is 0 Å². The highest BCUT2D eigenvalue weighted by Gasteiger charge is 1.76. The van der Waals surface area contributed by atoms with Crippen LogP contribution in [0.2, 0.25) is 0 Å². The number of hydrogen-bond acceptors (Lipinski definition) is 3. The second-order valence-electron chi connectivity index (χ2n) is 1.26. The Morgan fingerprint density at radius 3 is 2.86 bits per heavy atom. The molecule has 0 saturated carbocycles. The van der Waals surface area contributed by atoms with Gasteiger partial charge in [-0.3, -0.25) is 5.84 Å². The maximum Gasteiger partial charge on any atom is 0.109 e. The normalized spacial score (nSPS) is 9.43. The zero-order valence-corrected chi connectivity index (χ0v) is 4.61. The third kappa shape index (κ3) is 5.88. The first-order chi connectivity index (χ1) is 3.41. The van der Waals surface area contributed by atoms with Crippen molar-refractivity contribution in [2.75, 3.05) is 13.3 Å². The SMILES string of the molecule is CCCOCNN. The summed E-state index contributed by atoms with van der Waals surface area (Å²) in [6.07, 6.45) is 1.04. The average molecular weight is 104 g/mol. The van der Waals surface area contributed by atoms with Crippen molar-refractivity contribution in [3.63, 3.8) is 0 Å². The maximum absolute atomic E-state index is 4.90. The van der Waals surface area contributed by atoms with Crippen molar-refractivity contribution in [2.24, 2.45) is 5.84 Å². The number of nitrogens with two attached hydrogens (primary N) is 1. The first kappa shape index (κ1) is 6.88. The Morgan fingerprint density at radius 2 is 2.43 bits per heavy atom. The lowest BCUT2D eigenvalue weighted by Gasteiger charge is -1.97. The summed E-state index contributed by atoms with van der Waals surface area (Å²) >= 11 is 0. The molecule has 0 aromatic heterocycles. The molecule has 0 aliphatic carbocycles. The van der Waals surface area contributed by atoms with E-state index in [2.05, 4.69) is 12.3 Å². The van der Waals surface area contributed by atoms with Crippen LogP contribution in [0.1, 0.15) is 13.3 Å². The van der Waals surface area contributed by atoms with E-state index in [1.807, 2.05) is 0 Å². The van der Waals surface area contributed by atoms with Crippen molar-refractivity contribution in [3.8, 4) is 0 Å². The highest BCUT2D eigenvalue weighted by molar-refractivity contribution is 4.20. The standard InChI is InChI=1S/C4H12N2O/c1-2-3-7-4-6-5/h6H,2-5H2,1H3. The first-order valence-electron chi connectivity index (χ1n) is 2.43. The highest BCUT2D eigenvalue weighted by atomic mass is 16.5. The molecule has 0 aliphatic rings. The number of hydrogen-bond donors (Lipinski definition) is 2. The van der Waals surface area contributed by atoms with Crippen molar-refractivity contribution in [1.29, 1.82) is 0 Å². The molecule has 3 nitrogen and oxygen atoms in total. The molecule has 0 aliphatic heterocycles. The van der Waals surface area contributed by atoms with Crippen molar-refractivity contribution in [3.05, 3.63) is 0 Å². The molecule has 7 heavy (non-hydrogen) atoms. The smallest absolute Gasteiger partial charge is 0.109 e. The topological polar surface area (TPSA) is 47.3 Å². The molecule has 0 amide bonds. The van der Waals surface area contributed by atoms with E-state index in [0.29, 0.717) is 6.73 Å². The Balaban J connectivity index is 2.45. The van der Waals surface area contributed by atoms with Crippen LogP contribution in [-0.4, -0.2) is 13.3 Å². The molecule has 0 heterocycles. The Kier molecular flexibility index (Phi) is 5.78. The van der Waals surface area contributed by atoms with E-state index in [4.69, 9.17) is 10.6 Å². The van der Waals surface area contributed by atoms with Crippen molar-refractivity contribution in [2.45, 2.75) is 13.3 Å². The predicted molar refractivity (Wildman–Crippen MR) is 28.4 cm³/mol. The van der Waals surface area contributed by atoms with Crippen LogP contribution in [0.3, 0.4) is 0 Å². The Bertz CT molecular complexity index is 28.9. The highest BCUT2D eigenvalue weighted by Crippen LogP contribution is 1.74. The molecule has 0 rings (SSSR count). The van der Waals surface area contributed by atoms with Crippen molar-refractivity contribution >= 4 is 0 Å². The maximum atomic E-state index is 4.90. The quantitative estimate of drug-likeness (QED) is 0.225. The molecule has 0 radical (unpaired) electrons. The van der Waals surface area contributed by atoms with Gasteiger partial charge in [-0.1, -0.05) is 6.92 Å². The van der Waals surface area contributed by atoms with Gasteiger partial charge in [0.2, 0.25) is 0 Å². The van der Waals surface area contributed by atoms with Gasteiger partial charge in [0.1, 0.15) is 6.73 Å². The van der Waals surface area contributed by atoms with Crippen LogP contribution in [0.25, 0.3) is 0 Å². The van der Waals surface area contributed by atoms with E-state index in [9.17, 15) is 0 Å². The van der Waals surface area contributed by atoms with Crippen LogP contribution >= 0.6 is 0 Å². The van der Waals surface area contributed by atoms with Gasteiger partial charge in [-0.25, -0.2) is 5.43 Å². The molecule has 44 valence electrons. The molecular formula is C4H12N2O. The van der Waals surface area contributed by atoms with Crippen LogP contribution in [0.5, 0.6) is 0 Å². The fourth-order valence-electron chi connectivity index (χ4n) is 0.275. The summed E-state index contributed by atoms with van der Waals surface area (Å²) in [5.41, 5.74) is 2.38. The van der Waals surface area contributed by atoms with Crippen molar-refractivity contribution < 1.29 is 4.74 Å². The average Bonchev–Trinajstić information content (AvgIpc) is 1.69. The largest absolute Gasteiger partial charge is 0.365 e. The van der Waals surface area contributed by atoms with Gasteiger partial charge in [0.05, 0.1) is 0 Å². The predicted octanol–water partition coefficient (Wildman–Crippen LogP) is -0.166. The molecule has 0 unspecified atom stereocenters. The van der Waals surface area contributed by atoms with Gasteiger partial charge in [-0.05, 0) is 6.42 Å². The van der Waals surface area contributed by atoms with Gasteiger partial charge in [0, 0.05) is 6.61 Å². The molecule has 3 N–H and O–H groups in total. The second kappa shape index (κ2) is 5.88. The van der Waals surface area contributed by atoms with Crippen LogP contribution < -0.4 is 11.3 Å². The number of ether oxygens (including phenoxy) is 1. The molecule has 0 fully saturated rings. The van der Waals surface area contributed by atoms with Gasteiger partial charge in [-0.15, -0.1) is 0 Å². The third-order valence-corrected chi connectivity index (χ3v) is 0.534. The van der Waals surface area contributed by atoms with E-state index >= 15 is 0 Å².